The third-order valence-corrected chi connectivity index (χ3v) is 12.5. The van der Waals surface area contributed by atoms with Gasteiger partial charge in [0.25, 0.3) is 5.91 Å². The zero-order chi connectivity index (χ0) is 58.2. The van der Waals surface area contributed by atoms with Gasteiger partial charge in [0.05, 0.1) is 43.0 Å². The zero-order valence-corrected chi connectivity index (χ0v) is 44.1. The van der Waals surface area contributed by atoms with Crippen molar-refractivity contribution in [3.8, 4) is 0 Å². The van der Waals surface area contributed by atoms with Crippen molar-refractivity contribution in [2.75, 3.05) is 56.2 Å². The molecule has 3 rings (SSSR count). The molecule has 0 fully saturated rings. The summed E-state index contributed by atoms with van der Waals surface area (Å²) in [7, 11) is 1.77. The van der Waals surface area contributed by atoms with E-state index in [1.807, 2.05) is 4.90 Å². The Labute approximate surface area is 449 Å². The molecule has 0 aliphatic heterocycles. The summed E-state index contributed by atoms with van der Waals surface area (Å²) >= 11 is 0. The third-order valence-electron chi connectivity index (χ3n) is 12.5. The van der Waals surface area contributed by atoms with E-state index in [1.54, 1.807) is 19.2 Å². The summed E-state index contributed by atoms with van der Waals surface area (Å²) in [5, 5.41) is 58.2. The predicted molar refractivity (Wildman–Crippen MR) is 276 cm³/mol. The zero-order valence-electron chi connectivity index (χ0n) is 44.1. The number of nitrogens with two attached hydrogens (primary N) is 3. The first-order valence-corrected chi connectivity index (χ1v) is 25.1. The van der Waals surface area contributed by atoms with Crippen molar-refractivity contribution < 1.29 is 73.8 Å². The predicted octanol–water partition coefficient (Wildman–Crippen LogP) is -0.342. The van der Waals surface area contributed by atoms with E-state index in [2.05, 4.69) is 35.9 Å². The summed E-state index contributed by atoms with van der Waals surface area (Å²) in [5.41, 5.74) is 19.5. The normalized spacial score (nSPS) is 13.0. The molecule has 1 aromatic carbocycles. The standard InChI is InChI=1S/C49H72N14O15/c1-28(65)61(76)20-6-9-32(24-41(70)38(11-8-22-63(78)30(3)67)56-47(73)37(50)10-7-21-62(77)29(2)66)40(69)12-5-19-53-45(71)33(27-64)23-36(68)17-18-39(48(74)75)57-46(72)31-13-15-35(16-14-31)60(4)26-34-25-54-44-42(55-34)43(51)58-49(52)59-44/h13-16,25,32-33,37-39,64,76-78H,5-12,17-24,26-27,50H2,1-4H3,(H,53,71)(H,56,73)(H,57,72)(H,74,75)(H4,51,52,54,58,59)/t32-,33+,37+,38+,39+/m1/s1. The lowest BCUT2D eigenvalue weighted by molar-refractivity contribution is -0.163. The van der Waals surface area contributed by atoms with Crippen LogP contribution in [0.1, 0.15) is 114 Å². The van der Waals surface area contributed by atoms with Crippen molar-refractivity contribution in [2.24, 2.45) is 17.6 Å². The van der Waals surface area contributed by atoms with Gasteiger partial charge >= 0.3 is 5.97 Å². The summed E-state index contributed by atoms with van der Waals surface area (Å²) in [5.74, 6) is -9.42. The Balaban J connectivity index is 1.56. The first-order chi connectivity index (χ1) is 36.8. The van der Waals surface area contributed by atoms with E-state index in [-0.39, 0.29) is 125 Å². The smallest absolute Gasteiger partial charge is 0.326 e. The van der Waals surface area contributed by atoms with E-state index in [0.29, 0.717) is 26.6 Å². The molecule has 14 N–H and O–H groups in total. The van der Waals surface area contributed by atoms with Gasteiger partial charge in [-0.15, -0.1) is 0 Å². The number of nitrogen functional groups attached to an aromatic ring is 2. The maximum absolute atomic E-state index is 13.8. The number of amides is 6. The van der Waals surface area contributed by atoms with Crippen molar-refractivity contribution in [1.82, 2.24) is 51.1 Å². The summed E-state index contributed by atoms with van der Waals surface area (Å²) < 4.78 is 0. The number of anilines is 3. The minimum Gasteiger partial charge on any atom is -0.480 e. The molecule has 29 heteroatoms. The molecule has 0 aliphatic carbocycles. The average Bonchev–Trinajstić information content (AvgIpc) is 3.41. The van der Waals surface area contributed by atoms with E-state index < -0.39 is 108 Å². The van der Waals surface area contributed by atoms with Crippen LogP contribution >= 0.6 is 0 Å². The highest BCUT2D eigenvalue weighted by atomic mass is 16.5. The fourth-order valence-corrected chi connectivity index (χ4v) is 7.86. The molecule has 0 saturated carbocycles. The van der Waals surface area contributed by atoms with Crippen LogP contribution in [0.25, 0.3) is 11.2 Å². The Hall–Kier alpha value is -7.86. The molecule has 0 spiro atoms. The number of hydroxylamine groups is 6. The second kappa shape index (κ2) is 32.0. The number of hydrogen-bond acceptors (Lipinski definition) is 22. The van der Waals surface area contributed by atoms with Crippen LogP contribution < -0.4 is 38.1 Å². The number of aromatic nitrogens is 4. The molecule has 0 saturated heterocycles. The second-order valence-electron chi connectivity index (χ2n) is 18.7. The number of aliphatic hydroxyl groups excluding tert-OH is 1. The lowest BCUT2D eigenvalue weighted by atomic mass is 9.87. The Kier molecular flexibility index (Phi) is 26.4. The molecule has 6 amide bonds. The van der Waals surface area contributed by atoms with E-state index in [4.69, 9.17) is 17.2 Å². The molecule has 3 aromatic rings. The number of ketones is 3. The highest BCUT2D eigenvalue weighted by Crippen LogP contribution is 2.21. The molecule has 0 unspecified atom stereocenters. The first-order valence-electron chi connectivity index (χ1n) is 25.1. The number of benzene rings is 1. The Bertz CT molecular complexity index is 2590. The number of nitrogens with one attached hydrogen (secondary N) is 3. The highest BCUT2D eigenvalue weighted by Gasteiger charge is 2.30. The van der Waals surface area contributed by atoms with Gasteiger partial charge < -0.3 is 48.3 Å². The van der Waals surface area contributed by atoms with Gasteiger partial charge in [-0.25, -0.2) is 30.0 Å². The van der Waals surface area contributed by atoms with Gasteiger partial charge in [0.15, 0.2) is 22.8 Å². The highest BCUT2D eigenvalue weighted by molar-refractivity contribution is 5.97. The minimum atomic E-state index is -1.49. The van der Waals surface area contributed by atoms with Gasteiger partial charge in [0.2, 0.25) is 35.5 Å². The van der Waals surface area contributed by atoms with Crippen LogP contribution in [0.4, 0.5) is 17.5 Å². The average molecular weight is 1100 g/mol. The van der Waals surface area contributed by atoms with Crippen LogP contribution in [0.15, 0.2) is 30.5 Å². The topological polar surface area (TPSA) is 451 Å². The van der Waals surface area contributed by atoms with E-state index >= 15 is 0 Å². The van der Waals surface area contributed by atoms with Crippen molar-refractivity contribution in [3.63, 3.8) is 0 Å². The number of rotatable bonds is 35. The SMILES string of the molecule is CC(=O)N(O)CCC[C@H](CC(=O)[C@H](CCCN(O)C(C)=O)NC(=O)[C@@H](N)CCCN(O)C(C)=O)C(=O)CCCNC(=O)[C@H](CO)CC(=O)CC[C@H](NC(=O)c1ccc(N(C)Cc2cnc3nc(N)nc(N)c3n2)cc1)C(=O)O. The number of fused-ring (bicyclic) bond motifs is 1. The summed E-state index contributed by atoms with van der Waals surface area (Å²) in [4.78, 5) is 145. The maximum Gasteiger partial charge on any atom is 0.326 e. The Morgan fingerprint density at radius 1 is 0.667 bits per heavy atom. The van der Waals surface area contributed by atoms with Gasteiger partial charge in [-0.3, -0.25) is 58.8 Å². The van der Waals surface area contributed by atoms with Gasteiger partial charge in [-0.2, -0.15) is 9.97 Å². The van der Waals surface area contributed by atoms with Crippen LogP contribution in [-0.4, -0.2) is 178 Å². The molecular formula is C49H72N14O15. The van der Waals surface area contributed by atoms with Crippen molar-refractivity contribution in [2.45, 2.75) is 122 Å². The monoisotopic (exact) mass is 1100 g/mol. The maximum atomic E-state index is 13.8. The van der Waals surface area contributed by atoms with Crippen molar-refractivity contribution >= 4 is 87.4 Å². The van der Waals surface area contributed by atoms with Crippen LogP contribution in [-0.2, 0) is 49.7 Å². The third kappa shape index (κ3) is 21.6. The molecule has 0 radical (unpaired) electrons. The minimum absolute atomic E-state index is 0.00617. The molecular weight excluding hydrogens is 1020 g/mol. The van der Waals surface area contributed by atoms with E-state index in [0.717, 1.165) is 20.8 Å². The van der Waals surface area contributed by atoms with Crippen LogP contribution in [0.3, 0.4) is 0 Å². The van der Waals surface area contributed by atoms with E-state index in [9.17, 15) is 73.8 Å². The van der Waals surface area contributed by atoms with Crippen LogP contribution in [0, 0.1) is 11.8 Å². The molecule has 2 aromatic heterocycles. The van der Waals surface area contributed by atoms with Crippen LogP contribution in [0.5, 0.6) is 0 Å². The fraction of sp³-hybridized carbons (Fsp3) is 0.551. The lowest BCUT2D eigenvalue weighted by Crippen LogP contribution is -2.49. The molecule has 5 atom stereocenters. The molecule has 78 heavy (non-hydrogen) atoms. The number of carboxylic acids is 1. The number of aliphatic carboxylic acids is 1. The molecule has 2 heterocycles. The number of Topliss-reactive ketones (excluding diaryl/α,β-unsaturated/α-hetero) is 3. The molecule has 0 aliphatic rings. The summed E-state index contributed by atoms with van der Waals surface area (Å²) in [6.07, 6.45) is -0.0697. The quantitative estimate of drug-likeness (QED) is 0.0204. The Morgan fingerprint density at radius 3 is 1.83 bits per heavy atom. The van der Waals surface area contributed by atoms with Gasteiger partial charge in [0, 0.05) is 96.8 Å². The van der Waals surface area contributed by atoms with Crippen molar-refractivity contribution in [3.05, 3.63) is 41.7 Å². The van der Waals surface area contributed by atoms with Gasteiger partial charge in [0.1, 0.15) is 17.6 Å². The number of hydrogen-bond donors (Lipinski definition) is 11. The number of carbonyl (C=O) groups excluding carboxylic acids is 9. The fourth-order valence-electron chi connectivity index (χ4n) is 7.86. The molecule has 428 valence electrons. The number of nitrogens with zero attached hydrogens (tertiary/aromatic N) is 8. The summed E-state index contributed by atoms with van der Waals surface area (Å²) in [6.45, 7) is 2.31. The van der Waals surface area contributed by atoms with Gasteiger partial charge in [-0.1, -0.05) is 0 Å². The number of carbonyl (C=O) groups is 10. The van der Waals surface area contributed by atoms with Crippen LogP contribution in [0.2, 0.25) is 0 Å². The number of carboxylic acid groups (broad SMARTS) is 1. The Morgan fingerprint density at radius 2 is 1.26 bits per heavy atom. The second-order valence-corrected chi connectivity index (χ2v) is 18.7. The van der Waals surface area contributed by atoms with Crippen molar-refractivity contribution in [1.29, 1.82) is 0 Å². The van der Waals surface area contributed by atoms with Gasteiger partial charge in [-0.05, 0) is 75.6 Å². The lowest BCUT2D eigenvalue weighted by Gasteiger charge is -2.24. The number of aliphatic hydroxyl groups is 1. The van der Waals surface area contributed by atoms with E-state index in [1.165, 1.54) is 18.3 Å². The largest absolute Gasteiger partial charge is 0.480 e. The molecule has 0 bridgehead atoms. The molecule has 29 nitrogen and oxygen atoms in total. The first kappa shape index (κ1) is 64.4. The summed E-state index contributed by atoms with van der Waals surface area (Å²) in [6, 6.07) is 2.34.